The van der Waals surface area contributed by atoms with Crippen molar-refractivity contribution in [3.63, 3.8) is 0 Å². The Morgan fingerprint density at radius 1 is 1.21 bits per heavy atom. The van der Waals surface area contributed by atoms with Crippen molar-refractivity contribution in [1.82, 2.24) is 4.98 Å². The average molecular weight is 367 g/mol. The minimum Gasteiger partial charge on any atom is -0.478 e. The second kappa shape index (κ2) is 7.43. The number of carboxylic acid groups (broad SMARTS) is 1. The Morgan fingerprint density at radius 3 is 2.46 bits per heavy atom. The number of aromatic carboxylic acids is 1. The summed E-state index contributed by atoms with van der Waals surface area (Å²) in [5.41, 5.74) is 0.417. The van der Waals surface area contributed by atoms with Crippen LogP contribution in [-0.2, 0) is 14.8 Å². The predicted molar refractivity (Wildman–Crippen MR) is 88.4 cm³/mol. The molecule has 0 fully saturated rings. The van der Waals surface area contributed by atoms with E-state index in [2.05, 4.69) is 10.3 Å². The summed E-state index contributed by atoms with van der Waals surface area (Å²) in [6.45, 7) is 0. The van der Waals surface area contributed by atoms with Crippen LogP contribution in [0, 0.1) is 0 Å². The first-order valence-corrected chi connectivity index (χ1v) is 9.04. The van der Waals surface area contributed by atoms with Gasteiger partial charge in [-0.3, -0.25) is 4.79 Å². The molecule has 2 aromatic rings. The van der Waals surface area contributed by atoms with Gasteiger partial charge in [0, 0.05) is 11.9 Å². The molecule has 0 spiro atoms. The molecule has 10 heteroatoms. The monoisotopic (exact) mass is 367 g/mol. The van der Waals surface area contributed by atoms with E-state index < -0.39 is 16.0 Å². The lowest BCUT2D eigenvalue weighted by Crippen LogP contribution is -2.15. The largest absolute Gasteiger partial charge is 0.478 e. The zero-order valence-electron chi connectivity index (χ0n) is 12.2. The van der Waals surface area contributed by atoms with Gasteiger partial charge < -0.3 is 10.4 Å². The van der Waals surface area contributed by atoms with E-state index in [1.807, 2.05) is 0 Å². The van der Waals surface area contributed by atoms with Gasteiger partial charge in [-0.25, -0.2) is 23.3 Å². The van der Waals surface area contributed by atoms with Crippen LogP contribution in [0.5, 0.6) is 0 Å². The highest BCUT2D eigenvalue weighted by Crippen LogP contribution is 2.20. The normalized spacial score (nSPS) is 11.0. The van der Waals surface area contributed by atoms with Gasteiger partial charge in [-0.05, 0) is 36.4 Å². The fourth-order valence-electron chi connectivity index (χ4n) is 1.73. The Labute approximate surface area is 142 Å². The molecule has 0 saturated heterocycles. The first-order chi connectivity index (χ1) is 11.3. The smallest absolute Gasteiger partial charge is 0.338 e. The molecule has 126 valence electrons. The lowest BCUT2D eigenvalue weighted by molar-refractivity contribution is -0.113. The Morgan fingerprint density at radius 2 is 1.88 bits per heavy atom. The van der Waals surface area contributed by atoms with Crippen LogP contribution in [0.25, 0.3) is 0 Å². The van der Waals surface area contributed by atoms with Gasteiger partial charge in [0.25, 0.3) is 0 Å². The molecule has 0 aliphatic carbocycles. The number of rotatable bonds is 6. The van der Waals surface area contributed by atoms with Crippen LogP contribution in [-0.4, -0.2) is 36.1 Å². The van der Waals surface area contributed by atoms with Gasteiger partial charge >= 0.3 is 5.97 Å². The second-order valence-electron chi connectivity index (χ2n) is 4.57. The number of amides is 1. The number of aromatic nitrogens is 1. The minimum atomic E-state index is -3.79. The molecule has 0 atom stereocenters. The van der Waals surface area contributed by atoms with E-state index in [9.17, 15) is 18.0 Å². The summed E-state index contributed by atoms with van der Waals surface area (Å²) >= 11 is 0.990. The Kier molecular flexibility index (Phi) is 5.54. The van der Waals surface area contributed by atoms with Gasteiger partial charge in [-0.1, -0.05) is 11.8 Å². The number of carboxylic acids is 1. The van der Waals surface area contributed by atoms with E-state index >= 15 is 0 Å². The number of nitrogens with two attached hydrogens (primary N) is 1. The molecular weight excluding hydrogens is 354 g/mol. The molecule has 4 N–H and O–H groups in total. The highest BCUT2D eigenvalue weighted by atomic mass is 32.2. The van der Waals surface area contributed by atoms with Crippen LogP contribution in [0.1, 0.15) is 10.4 Å². The minimum absolute atomic E-state index is 0.0211. The molecule has 8 nitrogen and oxygen atoms in total. The number of hydrogen-bond acceptors (Lipinski definition) is 6. The summed E-state index contributed by atoms with van der Waals surface area (Å²) in [5.74, 6) is -1.55. The molecule has 0 unspecified atom stereocenters. The lowest BCUT2D eigenvalue weighted by Gasteiger charge is -2.07. The number of sulfonamides is 1. The van der Waals surface area contributed by atoms with E-state index in [1.54, 1.807) is 0 Å². The van der Waals surface area contributed by atoms with Crippen molar-refractivity contribution in [3.05, 3.63) is 48.2 Å². The maximum atomic E-state index is 11.9. The maximum Gasteiger partial charge on any atom is 0.338 e. The van der Waals surface area contributed by atoms with Gasteiger partial charge in [0.2, 0.25) is 15.9 Å². The van der Waals surface area contributed by atoms with Crippen molar-refractivity contribution in [2.75, 3.05) is 11.1 Å². The molecule has 0 bridgehead atoms. The van der Waals surface area contributed by atoms with Gasteiger partial charge in [0.15, 0.2) is 0 Å². The van der Waals surface area contributed by atoms with Crippen molar-refractivity contribution < 1.29 is 23.1 Å². The number of carbonyl (C=O) groups excluding carboxylic acids is 1. The SMILES string of the molecule is NS(=O)(=O)c1ccc(NC(=O)CSc2ncccc2C(=O)O)cc1. The van der Waals surface area contributed by atoms with Crippen LogP contribution in [0.4, 0.5) is 5.69 Å². The number of nitrogens with zero attached hydrogens (tertiary/aromatic N) is 1. The number of hydrogen-bond donors (Lipinski definition) is 3. The van der Waals surface area contributed by atoms with Crippen LogP contribution in [0.2, 0.25) is 0 Å². The lowest BCUT2D eigenvalue weighted by atomic mass is 10.3. The molecule has 1 aromatic carbocycles. The summed E-state index contributed by atoms with van der Waals surface area (Å²) in [4.78, 5) is 26.8. The molecule has 0 radical (unpaired) electrons. The van der Waals surface area contributed by atoms with E-state index in [4.69, 9.17) is 10.2 Å². The average Bonchev–Trinajstić information content (AvgIpc) is 2.53. The Bertz CT molecular complexity index is 866. The van der Waals surface area contributed by atoms with Gasteiger partial charge in [0.1, 0.15) is 5.03 Å². The Balaban J connectivity index is 1.98. The topological polar surface area (TPSA) is 139 Å². The van der Waals surface area contributed by atoms with E-state index in [0.29, 0.717) is 5.69 Å². The number of carbonyl (C=O) groups is 2. The molecule has 1 aromatic heterocycles. The predicted octanol–water partition coefficient (Wildman–Crippen LogP) is 1.16. The van der Waals surface area contributed by atoms with Gasteiger partial charge in [0.05, 0.1) is 16.2 Å². The van der Waals surface area contributed by atoms with Crippen LogP contribution in [0.15, 0.2) is 52.5 Å². The number of thioether (sulfide) groups is 1. The summed E-state index contributed by atoms with van der Waals surface area (Å²) in [6.07, 6.45) is 1.44. The first kappa shape index (κ1) is 17.9. The van der Waals surface area contributed by atoms with E-state index in [-0.39, 0.29) is 27.1 Å². The van der Waals surface area contributed by atoms with Gasteiger partial charge in [-0.15, -0.1) is 0 Å². The summed E-state index contributed by atoms with van der Waals surface area (Å²) < 4.78 is 22.3. The molecule has 1 heterocycles. The molecule has 1 amide bonds. The molecular formula is C14H13N3O5S2. The number of primary sulfonamides is 1. The molecule has 2 rings (SSSR count). The van der Waals surface area contributed by atoms with Crippen molar-refractivity contribution in [3.8, 4) is 0 Å². The molecule has 0 aliphatic heterocycles. The van der Waals surface area contributed by atoms with Crippen LogP contribution in [0.3, 0.4) is 0 Å². The highest BCUT2D eigenvalue weighted by molar-refractivity contribution is 8.00. The summed E-state index contributed by atoms with van der Waals surface area (Å²) in [7, 11) is -3.79. The first-order valence-electron chi connectivity index (χ1n) is 6.51. The number of benzene rings is 1. The van der Waals surface area contributed by atoms with E-state index in [1.165, 1.54) is 42.6 Å². The number of nitrogens with one attached hydrogen (secondary N) is 1. The van der Waals surface area contributed by atoms with Crippen molar-refractivity contribution in [1.29, 1.82) is 0 Å². The second-order valence-corrected chi connectivity index (χ2v) is 7.09. The third kappa shape index (κ3) is 4.78. The third-order valence-corrected chi connectivity index (χ3v) is 4.74. The number of pyridine rings is 1. The fourth-order valence-corrected chi connectivity index (χ4v) is 3.03. The third-order valence-electron chi connectivity index (χ3n) is 2.81. The standard InChI is InChI=1S/C14H13N3O5S2/c15-24(21,22)10-5-3-9(4-6-10)17-12(18)8-23-13-11(14(19)20)2-1-7-16-13/h1-7H,8H2,(H,17,18)(H,19,20)(H2,15,21,22). The van der Waals surface area contributed by atoms with E-state index in [0.717, 1.165) is 11.8 Å². The van der Waals surface area contributed by atoms with Crippen molar-refractivity contribution in [2.45, 2.75) is 9.92 Å². The quantitative estimate of drug-likeness (QED) is 0.651. The summed E-state index contributed by atoms with van der Waals surface area (Å²) in [6, 6.07) is 8.28. The van der Waals surface area contributed by atoms with Crippen molar-refractivity contribution >= 4 is 39.3 Å². The van der Waals surface area contributed by atoms with Gasteiger partial charge in [-0.2, -0.15) is 0 Å². The molecule has 24 heavy (non-hydrogen) atoms. The fraction of sp³-hybridized carbons (Fsp3) is 0.0714. The zero-order valence-corrected chi connectivity index (χ0v) is 13.8. The summed E-state index contributed by atoms with van der Waals surface area (Å²) in [5, 5.41) is 16.8. The zero-order chi connectivity index (χ0) is 17.7. The molecule has 0 aliphatic rings. The molecule has 0 saturated carbocycles. The highest BCUT2D eigenvalue weighted by Gasteiger charge is 2.13. The number of anilines is 1. The van der Waals surface area contributed by atoms with Crippen LogP contribution >= 0.6 is 11.8 Å². The van der Waals surface area contributed by atoms with Crippen molar-refractivity contribution in [2.24, 2.45) is 5.14 Å². The maximum absolute atomic E-state index is 11.9. The van der Waals surface area contributed by atoms with Crippen LogP contribution < -0.4 is 10.5 Å². The Hall–Kier alpha value is -2.43.